The molecule has 1 rings (SSSR count). The van der Waals surface area contributed by atoms with Gasteiger partial charge in [0.15, 0.2) is 0 Å². The van der Waals surface area contributed by atoms with Gasteiger partial charge in [0.2, 0.25) is 0 Å². The topological polar surface area (TPSA) is 20.2 Å². The zero-order valence-corrected chi connectivity index (χ0v) is 9.82. The standard InChI is InChI=1S/C10H19BrO/c1-8-4-9(2,3)6-10(12,5-8)7-11/h8,12H,4-7H2,1-3H3/t8-,10+/m0/s1. The molecule has 0 aromatic carbocycles. The van der Waals surface area contributed by atoms with Crippen molar-refractivity contribution in [2.75, 3.05) is 5.33 Å². The molecule has 1 N–H and O–H groups in total. The molecular weight excluding hydrogens is 216 g/mol. The molecule has 1 saturated carbocycles. The minimum atomic E-state index is -0.457. The minimum Gasteiger partial charge on any atom is -0.389 e. The first-order chi connectivity index (χ1) is 5.37. The van der Waals surface area contributed by atoms with Gasteiger partial charge < -0.3 is 5.11 Å². The molecule has 2 heteroatoms. The second kappa shape index (κ2) is 3.30. The summed E-state index contributed by atoms with van der Waals surface area (Å²) in [5.74, 6) is 0.649. The van der Waals surface area contributed by atoms with E-state index in [-0.39, 0.29) is 0 Å². The summed E-state index contributed by atoms with van der Waals surface area (Å²) in [6, 6.07) is 0. The van der Waals surface area contributed by atoms with Gasteiger partial charge in [-0.05, 0) is 30.6 Å². The van der Waals surface area contributed by atoms with Crippen LogP contribution < -0.4 is 0 Å². The Kier molecular flexibility index (Phi) is 2.89. The van der Waals surface area contributed by atoms with Crippen LogP contribution >= 0.6 is 15.9 Å². The van der Waals surface area contributed by atoms with E-state index in [4.69, 9.17) is 0 Å². The maximum atomic E-state index is 10.1. The first kappa shape index (κ1) is 10.5. The van der Waals surface area contributed by atoms with Crippen molar-refractivity contribution in [1.82, 2.24) is 0 Å². The molecular formula is C10H19BrO. The summed E-state index contributed by atoms with van der Waals surface area (Å²) in [5.41, 5.74) is -0.151. The molecule has 1 aliphatic rings. The van der Waals surface area contributed by atoms with Crippen molar-refractivity contribution in [3.05, 3.63) is 0 Å². The van der Waals surface area contributed by atoms with Crippen LogP contribution in [-0.4, -0.2) is 16.0 Å². The lowest BCUT2D eigenvalue weighted by molar-refractivity contribution is -0.0388. The van der Waals surface area contributed by atoms with E-state index in [1.165, 1.54) is 6.42 Å². The van der Waals surface area contributed by atoms with Crippen LogP contribution in [0.25, 0.3) is 0 Å². The molecule has 0 radical (unpaired) electrons. The Labute approximate surface area is 83.7 Å². The zero-order chi connectivity index (χ0) is 9.41. The SMILES string of the molecule is C[C@H]1CC(C)(C)C[C@@](O)(CBr)C1. The summed E-state index contributed by atoms with van der Waals surface area (Å²) in [5, 5.41) is 10.9. The van der Waals surface area contributed by atoms with E-state index in [1.54, 1.807) is 0 Å². The van der Waals surface area contributed by atoms with Crippen LogP contribution in [0, 0.1) is 11.3 Å². The van der Waals surface area contributed by atoms with Crippen LogP contribution in [0.5, 0.6) is 0 Å². The lowest BCUT2D eigenvalue weighted by atomic mass is 9.66. The summed E-state index contributed by atoms with van der Waals surface area (Å²) >= 11 is 3.40. The smallest absolute Gasteiger partial charge is 0.0751 e. The van der Waals surface area contributed by atoms with Crippen molar-refractivity contribution in [1.29, 1.82) is 0 Å². The Bertz CT molecular complexity index is 167. The third-order valence-corrected chi connectivity index (χ3v) is 3.73. The van der Waals surface area contributed by atoms with Crippen molar-refractivity contribution < 1.29 is 5.11 Å². The van der Waals surface area contributed by atoms with Crippen molar-refractivity contribution in [3.63, 3.8) is 0 Å². The number of rotatable bonds is 1. The molecule has 0 aromatic heterocycles. The van der Waals surface area contributed by atoms with Crippen LogP contribution in [0.15, 0.2) is 0 Å². The second-order valence-corrected chi connectivity index (χ2v) is 5.77. The van der Waals surface area contributed by atoms with Gasteiger partial charge in [-0.3, -0.25) is 0 Å². The van der Waals surface area contributed by atoms with E-state index < -0.39 is 5.60 Å². The van der Waals surface area contributed by atoms with Crippen LogP contribution in [0.2, 0.25) is 0 Å². The molecule has 0 unspecified atom stereocenters. The molecule has 0 bridgehead atoms. The zero-order valence-electron chi connectivity index (χ0n) is 8.23. The summed E-state index contributed by atoms with van der Waals surface area (Å²) in [4.78, 5) is 0. The monoisotopic (exact) mass is 234 g/mol. The molecule has 2 atom stereocenters. The summed E-state index contributed by atoms with van der Waals surface area (Å²) in [7, 11) is 0. The molecule has 0 aliphatic heterocycles. The van der Waals surface area contributed by atoms with Gasteiger partial charge in [0.05, 0.1) is 5.60 Å². The number of hydrogen-bond donors (Lipinski definition) is 1. The van der Waals surface area contributed by atoms with E-state index in [0.717, 1.165) is 12.8 Å². The Morgan fingerprint density at radius 3 is 2.42 bits per heavy atom. The first-order valence-corrected chi connectivity index (χ1v) is 5.77. The average Bonchev–Trinajstić information content (AvgIpc) is 1.82. The van der Waals surface area contributed by atoms with Gasteiger partial charge in [0.25, 0.3) is 0 Å². The quantitative estimate of drug-likeness (QED) is 0.693. The minimum absolute atomic E-state index is 0.306. The molecule has 0 spiro atoms. The highest BCUT2D eigenvalue weighted by Crippen LogP contribution is 2.44. The first-order valence-electron chi connectivity index (χ1n) is 4.65. The van der Waals surface area contributed by atoms with Crippen LogP contribution in [-0.2, 0) is 0 Å². The summed E-state index contributed by atoms with van der Waals surface area (Å²) in [6.07, 6.45) is 3.11. The Balaban J connectivity index is 2.70. The fourth-order valence-electron chi connectivity index (χ4n) is 2.80. The van der Waals surface area contributed by atoms with E-state index in [2.05, 4.69) is 36.7 Å². The largest absolute Gasteiger partial charge is 0.389 e. The fourth-order valence-corrected chi connectivity index (χ4v) is 3.23. The van der Waals surface area contributed by atoms with Crippen molar-refractivity contribution in [2.24, 2.45) is 11.3 Å². The second-order valence-electron chi connectivity index (χ2n) is 5.21. The van der Waals surface area contributed by atoms with Crippen molar-refractivity contribution >= 4 is 15.9 Å². The van der Waals surface area contributed by atoms with Gasteiger partial charge in [0.1, 0.15) is 0 Å². The van der Waals surface area contributed by atoms with Crippen LogP contribution in [0.4, 0.5) is 0 Å². The highest BCUT2D eigenvalue weighted by atomic mass is 79.9. The third-order valence-electron chi connectivity index (χ3n) is 2.69. The Morgan fingerprint density at radius 1 is 1.42 bits per heavy atom. The molecule has 12 heavy (non-hydrogen) atoms. The molecule has 0 heterocycles. The molecule has 1 fully saturated rings. The highest BCUT2D eigenvalue weighted by molar-refractivity contribution is 9.09. The van der Waals surface area contributed by atoms with Crippen LogP contribution in [0.3, 0.4) is 0 Å². The van der Waals surface area contributed by atoms with Gasteiger partial charge in [-0.25, -0.2) is 0 Å². The molecule has 1 aliphatic carbocycles. The summed E-state index contributed by atoms with van der Waals surface area (Å²) in [6.45, 7) is 6.72. The maximum absolute atomic E-state index is 10.1. The van der Waals surface area contributed by atoms with Gasteiger partial charge in [0, 0.05) is 5.33 Å². The van der Waals surface area contributed by atoms with Gasteiger partial charge in [-0.2, -0.15) is 0 Å². The maximum Gasteiger partial charge on any atom is 0.0751 e. The average molecular weight is 235 g/mol. The number of hydrogen-bond acceptors (Lipinski definition) is 1. The van der Waals surface area contributed by atoms with E-state index in [9.17, 15) is 5.11 Å². The molecule has 1 nitrogen and oxygen atoms in total. The highest BCUT2D eigenvalue weighted by Gasteiger charge is 2.40. The fraction of sp³-hybridized carbons (Fsp3) is 1.00. The van der Waals surface area contributed by atoms with Crippen LogP contribution in [0.1, 0.15) is 40.0 Å². The molecule has 0 aromatic rings. The van der Waals surface area contributed by atoms with Gasteiger partial charge in [-0.15, -0.1) is 0 Å². The Morgan fingerprint density at radius 2 is 2.00 bits per heavy atom. The summed E-state index contributed by atoms with van der Waals surface area (Å²) < 4.78 is 0. The molecule has 72 valence electrons. The Hall–Kier alpha value is 0.440. The lowest BCUT2D eigenvalue weighted by Crippen LogP contribution is -2.43. The van der Waals surface area contributed by atoms with E-state index in [0.29, 0.717) is 16.7 Å². The predicted molar refractivity (Wildman–Crippen MR) is 55.5 cm³/mol. The van der Waals surface area contributed by atoms with Gasteiger partial charge in [-0.1, -0.05) is 36.7 Å². The van der Waals surface area contributed by atoms with Gasteiger partial charge >= 0.3 is 0 Å². The van der Waals surface area contributed by atoms with E-state index >= 15 is 0 Å². The van der Waals surface area contributed by atoms with E-state index in [1.807, 2.05) is 0 Å². The lowest BCUT2D eigenvalue weighted by Gasteiger charge is -2.43. The normalized spacial score (nSPS) is 41.2. The number of alkyl halides is 1. The number of halogens is 1. The number of aliphatic hydroxyl groups is 1. The molecule has 0 saturated heterocycles. The van der Waals surface area contributed by atoms with Crippen molar-refractivity contribution in [2.45, 2.75) is 45.6 Å². The predicted octanol–water partition coefficient (Wildman–Crippen LogP) is 2.96. The molecule has 0 amide bonds. The third kappa shape index (κ3) is 2.46. The van der Waals surface area contributed by atoms with Crippen molar-refractivity contribution in [3.8, 4) is 0 Å².